The topological polar surface area (TPSA) is 39.1 Å². The van der Waals surface area contributed by atoms with Crippen LogP contribution in [-0.4, -0.2) is 29.5 Å². The Balaban J connectivity index is 1.62. The second-order valence-corrected chi connectivity index (χ2v) is 5.41. The fraction of sp³-hybridized carbons (Fsp3) is 0.667. The lowest BCUT2D eigenvalue weighted by molar-refractivity contribution is 0.157. The average Bonchev–Trinajstić information content (AvgIpc) is 3.03. The van der Waals surface area contributed by atoms with Crippen molar-refractivity contribution in [1.29, 1.82) is 0 Å². The molecule has 1 aromatic rings. The van der Waals surface area contributed by atoms with E-state index >= 15 is 0 Å². The summed E-state index contributed by atoms with van der Waals surface area (Å²) in [4.78, 5) is 0. The van der Waals surface area contributed by atoms with Crippen LogP contribution in [0.15, 0.2) is 24.4 Å². The van der Waals surface area contributed by atoms with E-state index in [9.17, 15) is 0 Å². The van der Waals surface area contributed by atoms with Crippen molar-refractivity contribution in [3.63, 3.8) is 0 Å². The lowest BCUT2D eigenvalue weighted by Crippen LogP contribution is -2.20. The lowest BCUT2D eigenvalue weighted by atomic mass is 10.3. The predicted octanol–water partition coefficient (Wildman–Crippen LogP) is 2.68. The minimum Gasteiger partial charge on any atom is -0.376 e. The molecule has 4 heteroatoms. The van der Waals surface area contributed by atoms with Crippen molar-refractivity contribution in [3.05, 3.63) is 30.1 Å². The normalized spacial score (nSPS) is 16.1. The van der Waals surface area contributed by atoms with E-state index in [-0.39, 0.29) is 0 Å². The lowest BCUT2D eigenvalue weighted by Gasteiger charge is -2.09. The smallest absolute Gasteiger partial charge is 0.0762 e. The Hall–Kier alpha value is -1.13. The summed E-state index contributed by atoms with van der Waals surface area (Å²) in [5.41, 5.74) is 2.18. The number of ether oxygens (including phenoxy) is 1. The maximum absolute atomic E-state index is 5.43. The maximum atomic E-state index is 5.43. The third-order valence-electron chi connectivity index (χ3n) is 3.44. The molecule has 106 valence electrons. The van der Waals surface area contributed by atoms with Crippen LogP contribution in [-0.2, 0) is 11.3 Å². The van der Waals surface area contributed by atoms with Gasteiger partial charge in [-0.05, 0) is 25.8 Å². The quantitative estimate of drug-likeness (QED) is 0.579. The van der Waals surface area contributed by atoms with Crippen LogP contribution in [0, 0.1) is 0 Å². The van der Waals surface area contributed by atoms with Crippen molar-refractivity contribution >= 4 is 0 Å². The van der Waals surface area contributed by atoms with Crippen molar-refractivity contribution < 1.29 is 4.74 Å². The minimum absolute atomic E-state index is 0.632. The van der Waals surface area contributed by atoms with Crippen molar-refractivity contribution in [3.8, 4) is 0 Å². The highest BCUT2D eigenvalue weighted by Crippen LogP contribution is 2.28. The molecule has 0 spiro atoms. The van der Waals surface area contributed by atoms with Crippen LogP contribution in [0.1, 0.15) is 44.3 Å². The SMILES string of the molecule is C=C(C)COCCNCc1ccn(C2CCCC2)n1. The first-order valence-corrected chi connectivity index (χ1v) is 7.22. The fourth-order valence-corrected chi connectivity index (χ4v) is 2.45. The highest BCUT2D eigenvalue weighted by molar-refractivity contribution is 4.99. The Labute approximate surface area is 115 Å². The molecule has 19 heavy (non-hydrogen) atoms. The molecule has 1 saturated carbocycles. The molecule has 1 aromatic heterocycles. The van der Waals surface area contributed by atoms with Gasteiger partial charge >= 0.3 is 0 Å². The Bertz CT molecular complexity index is 394. The molecule has 0 unspecified atom stereocenters. The van der Waals surface area contributed by atoms with Crippen molar-refractivity contribution in [1.82, 2.24) is 15.1 Å². The van der Waals surface area contributed by atoms with E-state index < -0.39 is 0 Å². The Morgan fingerprint density at radius 3 is 3.05 bits per heavy atom. The Kier molecular flexibility index (Phi) is 5.61. The summed E-state index contributed by atoms with van der Waals surface area (Å²) < 4.78 is 7.57. The first-order chi connectivity index (χ1) is 9.25. The molecule has 4 nitrogen and oxygen atoms in total. The van der Waals surface area contributed by atoms with Gasteiger partial charge < -0.3 is 10.1 Å². The van der Waals surface area contributed by atoms with E-state index in [1.807, 2.05) is 6.92 Å². The summed E-state index contributed by atoms with van der Waals surface area (Å²) >= 11 is 0. The van der Waals surface area contributed by atoms with E-state index in [1.165, 1.54) is 25.7 Å². The average molecular weight is 263 g/mol. The molecular weight excluding hydrogens is 238 g/mol. The van der Waals surface area contributed by atoms with Crippen molar-refractivity contribution in [2.75, 3.05) is 19.8 Å². The molecule has 0 saturated heterocycles. The van der Waals surface area contributed by atoms with Crippen LogP contribution >= 0.6 is 0 Å². The van der Waals surface area contributed by atoms with Crippen LogP contribution in [0.4, 0.5) is 0 Å². The van der Waals surface area contributed by atoms with Crippen LogP contribution in [0.2, 0.25) is 0 Å². The minimum atomic E-state index is 0.632. The molecule has 0 radical (unpaired) electrons. The molecule has 1 aliphatic carbocycles. The Morgan fingerprint density at radius 1 is 1.53 bits per heavy atom. The summed E-state index contributed by atoms with van der Waals surface area (Å²) in [6.45, 7) is 8.81. The molecule has 1 fully saturated rings. The summed E-state index contributed by atoms with van der Waals surface area (Å²) in [6, 6.07) is 2.74. The zero-order chi connectivity index (χ0) is 13.5. The predicted molar refractivity (Wildman–Crippen MR) is 77.1 cm³/mol. The van der Waals surface area contributed by atoms with Gasteiger partial charge in [-0.2, -0.15) is 5.10 Å². The number of nitrogens with one attached hydrogen (secondary N) is 1. The van der Waals surface area contributed by atoms with E-state index in [1.54, 1.807) is 0 Å². The molecule has 1 aliphatic rings. The second-order valence-electron chi connectivity index (χ2n) is 5.41. The van der Waals surface area contributed by atoms with E-state index in [0.29, 0.717) is 12.6 Å². The molecule has 0 bridgehead atoms. The second kappa shape index (κ2) is 7.46. The van der Waals surface area contributed by atoms with Gasteiger partial charge in [-0.3, -0.25) is 4.68 Å². The third-order valence-corrected chi connectivity index (χ3v) is 3.44. The van der Waals surface area contributed by atoms with Gasteiger partial charge in [0, 0.05) is 19.3 Å². The first kappa shape index (κ1) is 14.3. The van der Waals surface area contributed by atoms with Crippen molar-refractivity contribution in [2.24, 2.45) is 0 Å². The highest BCUT2D eigenvalue weighted by Gasteiger charge is 2.17. The molecule has 0 aromatic carbocycles. The van der Waals surface area contributed by atoms with Crippen LogP contribution < -0.4 is 5.32 Å². The van der Waals surface area contributed by atoms with Crippen LogP contribution in [0.5, 0.6) is 0 Å². The number of aromatic nitrogens is 2. The van der Waals surface area contributed by atoms with Crippen molar-refractivity contribution in [2.45, 2.75) is 45.2 Å². The van der Waals surface area contributed by atoms with Gasteiger partial charge in [0.15, 0.2) is 0 Å². The summed E-state index contributed by atoms with van der Waals surface area (Å²) in [5, 5.41) is 7.99. The number of hydrogen-bond donors (Lipinski definition) is 1. The van der Waals surface area contributed by atoms with E-state index in [0.717, 1.165) is 31.0 Å². The molecule has 1 heterocycles. The van der Waals surface area contributed by atoms with Gasteiger partial charge in [0.05, 0.1) is 24.9 Å². The van der Waals surface area contributed by atoms with Crippen LogP contribution in [0.3, 0.4) is 0 Å². The summed E-state index contributed by atoms with van der Waals surface area (Å²) in [6.07, 6.45) is 7.37. The van der Waals surface area contributed by atoms with Gasteiger partial charge in [-0.25, -0.2) is 0 Å². The van der Waals surface area contributed by atoms with E-state index in [4.69, 9.17) is 4.74 Å². The molecule has 2 rings (SSSR count). The first-order valence-electron chi connectivity index (χ1n) is 7.22. The fourth-order valence-electron chi connectivity index (χ4n) is 2.45. The van der Waals surface area contributed by atoms with E-state index in [2.05, 4.69) is 33.9 Å². The van der Waals surface area contributed by atoms with Crippen LogP contribution in [0.25, 0.3) is 0 Å². The summed E-state index contributed by atoms with van der Waals surface area (Å²) in [5.74, 6) is 0. The standard InChI is InChI=1S/C15H25N3O/c1-13(2)12-19-10-8-16-11-14-7-9-18(17-14)15-5-3-4-6-15/h7,9,15-16H,1,3-6,8,10-12H2,2H3. The van der Waals surface area contributed by atoms with Gasteiger partial charge in [0.25, 0.3) is 0 Å². The third kappa shape index (κ3) is 4.80. The molecule has 0 aliphatic heterocycles. The monoisotopic (exact) mass is 263 g/mol. The van der Waals surface area contributed by atoms with Gasteiger partial charge in [0.2, 0.25) is 0 Å². The largest absolute Gasteiger partial charge is 0.376 e. The number of nitrogens with zero attached hydrogens (tertiary/aromatic N) is 2. The van der Waals surface area contributed by atoms with Gasteiger partial charge in [-0.15, -0.1) is 0 Å². The maximum Gasteiger partial charge on any atom is 0.0762 e. The zero-order valence-electron chi connectivity index (χ0n) is 11.9. The Morgan fingerprint density at radius 2 is 2.32 bits per heavy atom. The number of rotatable bonds is 8. The molecule has 1 N–H and O–H groups in total. The zero-order valence-corrected chi connectivity index (χ0v) is 11.9. The highest BCUT2D eigenvalue weighted by atomic mass is 16.5. The molecule has 0 amide bonds. The molecular formula is C15H25N3O. The van der Waals surface area contributed by atoms with Gasteiger partial charge in [-0.1, -0.05) is 25.0 Å². The number of hydrogen-bond acceptors (Lipinski definition) is 3. The van der Waals surface area contributed by atoms with Gasteiger partial charge in [0.1, 0.15) is 0 Å². The molecule has 0 atom stereocenters. The summed E-state index contributed by atoms with van der Waals surface area (Å²) in [7, 11) is 0.